The van der Waals surface area contributed by atoms with Crippen molar-refractivity contribution in [2.24, 2.45) is 5.92 Å². The molecule has 3 aliphatic rings. The molecule has 3 atom stereocenters. The highest BCUT2D eigenvalue weighted by molar-refractivity contribution is 14.2. The van der Waals surface area contributed by atoms with Crippen LogP contribution < -0.4 is 5.32 Å². The molecule has 3 aliphatic heterocycles. The van der Waals surface area contributed by atoms with E-state index in [2.05, 4.69) is 43.6 Å². The molecule has 2 aromatic carbocycles. The molecule has 4 nitrogen and oxygen atoms in total. The number of rotatable bonds is 10. The van der Waals surface area contributed by atoms with Gasteiger partial charge in [-0.3, -0.25) is 0 Å². The van der Waals surface area contributed by atoms with Crippen LogP contribution in [-0.4, -0.2) is 34.6 Å². The van der Waals surface area contributed by atoms with E-state index in [4.69, 9.17) is 4.74 Å². The van der Waals surface area contributed by atoms with Gasteiger partial charge in [0, 0.05) is 5.92 Å². The Hall–Kier alpha value is -2.34. The number of halogens is 2. The molecule has 0 aliphatic carbocycles. The monoisotopic (exact) mass is 597 g/mol. The Kier molecular flexibility index (Phi) is 8.00. The number of ether oxygens (including phenoxy) is 1. The summed E-state index contributed by atoms with van der Waals surface area (Å²) in [5.41, 5.74) is 4.74. The lowest BCUT2D eigenvalue weighted by Gasteiger charge is -2.32. The van der Waals surface area contributed by atoms with Crippen LogP contribution in [0.2, 0.25) is 0 Å². The third kappa shape index (κ3) is 5.20. The zero-order valence-corrected chi connectivity index (χ0v) is 22.9. The van der Waals surface area contributed by atoms with Crippen LogP contribution in [-0.2, 0) is 16.9 Å². The van der Waals surface area contributed by atoms with E-state index < -0.39 is 5.60 Å². The number of hydrogen-bond acceptors (Lipinski definition) is 4. The van der Waals surface area contributed by atoms with Crippen LogP contribution in [0.1, 0.15) is 54.9 Å². The van der Waals surface area contributed by atoms with Crippen molar-refractivity contribution in [2.45, 2.75) is 50.9 Å². The largest absolute Gasteiger partial charge is 0.384 e. The van der Waals surface area contributed by atoms with E-state index in [-0.39, 0.29) is 26.5 Å². The summed E-state index contributed by atoms with van der Waals surface area (Å²) in [6.07, 6.45) is 8.71. The molecule has 0 aromatic heterocycles. The summed E-state index contributed by atoms with van der Waals surface area (Å²) in [7, 11) is 0. The maximum atomic E-state index is 13.7. The minimum absolute atomic E-state index is 0.115. The zero-order chi connectivity index (χ0) is 25.0. The van der Waals surface area contributed by atoms with E-state index >= 15 is 0 Å². The molecule has 36 heavy (non-hydrogen) atoms. The van der Waals surface area contributed by atoms with Crippen LogP contribution in [0.5, 0.6) is 0 Å². The van der Waals surface area contributed by atoms with Crippen molar-refractivity contribution < 1.29 is 9.13 Å². The Morgan fingerprint density at radius 3 is 2.83 bits per heavy atom. The Bertz CT molecular complexity index is 1220. The molecule has 3 heterocycles. The molecule has 0 amide bonds. The molecule has 0 saturated heterocycles. The fraction of sp³-hybridized carbons (Fsp3) is 0.400. The average Bonchev–Trinajstić information content (AvgIpc) is 3.50. The fourth-order valence-corrected chi connectivity index (χ4v) is 7.98. The smallest absolute Gasteiger partial charge is 0.123 e. The van der Waals surface area contributed by atoms with E-state index in [1.807, 2.05) is 30.3 Å². The van der Waals surface area contributed by atoms with Gasteiger partial charge in [-0.2, -0.15) is 5.26 Å². The summed E-state index contributed by atoms with van der Waals surface area (Å²) in [5, 5.41) is 12.9. The van der Waals surface area contributed by atoms with Crippen LogP contribution in [0.3, 0.4) is 0 Å². The van der Waals surface area contributed by atoms with Crippen LogP contribution >= 0.6 is 20.7 Å². The minimum atomic E-state index is -0.598. The molecular formula is C30H33FIN3O. The molecule has 6 heteroatoms. The van der Waals surface area contributed by atoms with Crippen molar-refractivity contribution in [3.8, 4) is 6.07 Å². The number of benzene rings is 2. The summed E-state index contributed by atoms with van der Waals surface area (Å²) >= 11 is 0.115. The van der Waals surface area contributed by atoms with Gasteiger partial charge < -0.3 is 15.0 Å². The summed E-state index contributed by atoms with van der Waals surface area (Å²) in [6.45, 7) is 5.81. The number of nitrogens with zero attached hydrogens (tertiary/aromatic N) is 2. The van der Waals surface area contributed by atoms with Crippen LogP contribution in [0.4, 0.5) is 4.39 Å². The Labute approximate surface area is 223 Å². The number of fused-ring (bicyclic) bond motifs is 2. The van der Waals surface area contributed by atoms with Gasteiger partial charge in [-0.25, -0.2) is 4.39 Å². The van der Waals surface area contributed by atoms with Crippen LogP contribution in [0, 0.1) is 23.1 Å². The molecule has 3 unspecified atom stereocenters. The van der Waals surface area contributed by atoms with Crippen LogP contribution in [0.15, 0.2) is 64.4 Å². The lowest BCUT2D eigenvalue weighted by Crippen LogP contribution is -2.31. The first-order chi connectivity index (χ1) is 17.6. The van der Waals surface area contributed by atoms with Gasteiger partial charge in [0.15, 0.2) is 0 Å². The highest BCUT2D eigenvalue weighted by Gasteiger charge is 2.41. The van der Waals surface area contributed by atoms with Crippen molar-refractivity contribution in [1.29, 1.82) is 5.26 Å². The van der Waals surface area contributed by atoms with E-state index in [1.165, 1.54) is 18.6 Å². The van der Waals surface area contributed by atoms with Gasteiger partial charge in [0.05, 0.1) is 24.3 Å². The molecule has 2 aromatic rings. The van der Waals surface area contributed by atoms with Gasteiger partial charge in [-0.1, -0.05) is 51.9 Å². The fourth-order valence-electron chi connectivity index (χ4n) is 5.70. The molecule has 0 bridgehead atoms. The second-order valence-corrected chi connectivity index (χ2v) is 11.9. The third-order valence-corrected chi connectivity index (χ3v) is 9.70. The molecule has 0 fully saturated rings. The van der Waals surface area contributed by atoms with Gasteiger partial charge in [0.1, 0.15) is 11.4 Å². The zero-order valence-electron chi connectivity index (χ0n) is 20.7. The van der Waals surface area contributed by atoms with Crippen LogP contribution in [0.25, 0.3) is 0 Å². The van der Waals surface area contributed by atoms with Crippen molar-refractivity contribution >= 4 is 24.7 Å². The van der Waals surface area contributed by atoms with E-state index in [0.29, 0.717) is 24.1 Å². The molecular weight excluding hydrogens is 564 g/mol. The Morgan fingerprint density at radius 1 is 1.19 bits per heavy atom. The number of nitrogens with one attached hydrogen (secondary N) is 1. The summed E-state index contributed by atoms with van der Waals surface area (Å²) in [6, 6.07) is 15.2. The second kappa shape index (κ2) is 11.4. The lowest BCUT2D eigenvalue weighted by atomic mass is 9.81. The SMILES string of the molecule is CCN(CCCC1=CNC2C=CI=CC12)CCCC1(c2ccc(F)cc2)OCc2cc(C#N)ccc21. The molecule has 0 radical (unpaired) electrons. The quantitative estimate of drug-likeness (QED) is 0.335. The number of hydrogen-bond donors (Lipinski definition) is 1. The van der Waals surface area contributed by atoms with Crippen molar-refractivity contribution in [3.05, 3.63) is 92.5 Å². The van der Waals surface area contributed by atoms with Gasteiger partial charge in [-0.15, -0.1) is 0 Å². The second-order valence-electron chi connectivity index (χ2n) is 9.76. The minimum Gasteiger partial charge on any atom is -0.384 e. The van der Waals surface area contributed by atoms with Crippen molar-refractivity contribution in [2.75, 3.05) is 19.6 Å². The van der Waals surface area contributed by atoms with Gasteiger partial charge in [0.2, 0.25) is 0 Å². The van der Waals surface area contributed by atoms with E-state index in [9.17, 15) is 9.65 Å². The lowest BCUT2D eigenvalue weighted by molar-refractivity contribution is -0.0145. The highest BCUT2D eigenvalue weighted by Crippen LogP contribution is 2.45. The predicted molar refractivity (Wildman–Crippen MR) is 151 cm³/mol. The summed E-state index contributed by atoms with van der Waals surface area (Å²) in [5.74, 6) is 0.362. The molecule has 1 N–H and O–H groups in total. The summed E-state index contributed by atoms with van der Waals surface area (Å²) in [4.78, 5) is 2.53. The molecule has 5 rings (SSSR count). The van der Waals surface area contributed by atoms with Crippen molar-refractivity contribution in [3.63, 3.8) is 0 Å². The van der Waals surface area contributed by atoms with E-state index in [1.54, 1.807) is 5.57 Å². The molecule has 0 spiro atoms. The van der Waals surface area contributed by atoms with Gasteiger partial charge in [-0.05, 0) is 106 Å². The molecule has 0 saturated carbocycles. The first kappa shape index (κ1) is 25.3. The van der Waals surface area contributed by atoms with E-state index in [0.717, 1.165) is 55.6 Å². The average molecular weight is 598 g/mol. The Balaban J connectivity index is 1.22. The maximum Gasteiger partial charge on any atom is 0.123 e. The third-order valence-electron chi connectivity index (χ3n) is 7.68. The maximum absolute atomic E-state index is 13.7. The first-order valence-corrected chi connectivity index (χ1v) is 15.3. The summed E-state index contributed by atoms with van der Waals surface area (Å²) < 4.78 is 25.1. The van der Waals surface area contributed by atoms with Gasteiger partial charge >= 0.3 is 0 Å². The normalized spacial score (nSPS) is 24.0. The van der Waals surface area contributed by atoms with Crippen molar-refractivity contribution in [1.82, 2.24) is 10.2 Å². The number of nitriles is 1. The van der Waals surface area contributed by atoms with Gasteiger partial charge in [0.25, 0.3) is 0 Å². The standard InChI is InChI=1S/C30H33FIN3O/c1-2-35(15-3-5-23-20-34-29-12-14-32-18-27(23)29)16-4-13-30(25-7-9-26(31)10-8-25)28-11-6-22(19-33)17-24(28)21-36-30/h6-12,14,17-18,20,27,29,34H,2-5,13,15-16,21H2,1H3. The molecule has 188 valence electrons. The topological polar surface area (TPSA) is 48.3 Å². The Morgan fingerprint density at radius 2 is 2.03 bits per heavy atom. The first-order valence-electron chi connectivity index (χ1n) is 12.9. The predicted octanol–water partition coefficient (Wildman–Crippen LogP) is 6.13. The highest BCUT2D eigenvalue weighted by atomic mass is 127.